The van der Waals surface area contributed by atoms with Crippen LogP contribution in [0.15, 0.2) is 12.7 Å². The van der Waals surface area contributed by atoms with E-state index in [2.05, 4.69) is 11.3 Å². The van der Waals surface area contributed by atoms with Crippen molar-refractivity contribution in [2.24, 2.45) is 0 Å². The van der Waals surface area contributed by atoms with Gasteiger partial charge in [-0.15, -0.1) is 0 Å². The Kier molecular flexibility index (Phi) is 2.42. The van der Waals surface area contributed by atoms with E-state index in [1.807, 2.05) is 0 Å². The molecule has 0 fully saturated rings. The van der Waals surface area contributed by atoms with Crippen LogP contribution in [0.25, 0.3) is 0 Å². The van der Waals surface area contributed by atoms with Crippen LogP contribution in [0.2, 0.25) is 0 Å². The van der Waals surface area contributed by atoms with Crippen molar-refractivity contribution in [2.75, 3.05) is 7.11 Å². The molecule has 0 aliphatic rings. The highest BCUT2D eigenvalue weighted by molar-refractivity contribution is 4.93. The van der Waals surface area contributed by atoms with Gasteiger partial charge in [-0.2, -0.15) is 17.6 Å². The van der Waals surface area contributed by atoms with Gasteiger partial charge in [-0.3, -0.25) is 0 Å². The molecule has 0 aliphatic heterocycles. The molecule has 5 heteroatoms. The molecule has 0 bridgehead atoms. The zero-order valence-electron chi connectivity index (χ0n) is 5.20. The minimum atomic E-state index is -4.46. The largest absolute Gasteiger partial charge is 0.423 e. The van der Waals surface area contributed by atoms with E-state index in [-0.39, 0.29) is 6.08 Å². The minimum absolute atomic E-state index is 0.156. The summed E-state index contributed by atoms with van der Waals surface area (Å²) in [5.41, 5.74) is 0. The van der Waals surface area contributed by atoms with Gasteiger partial charge in [-0.25, -0.2) is 0 Å². The van der Waals surface area contributed by atoms with Gasteiger partial charge in [-0.1, -0.05) is 6.58 Å². The number of methoxy groups -OCH3 is 1. The van der Waals surface area contributed by atoms with Gasteiger partial charge in [0.15, 0.2) is 0 Å². The summed E-state index contributed by atoms with van der Waals surface area (Å²) in [4.78, 5) is 0. The van der Waals surface area contributed by atoms with Gasteiger partial charge < -0.3 is 4.74 Å². The lowest BCUT2D eigenvalue weighted by Gasteiger charge is -2.20. The molecule has 0 N–H and O–H groups in total. The van der Waals surface area contributed by atoms with E-state index >= 15 is 0 Å². The van der Waals surface area contributed by atoms with Crippen LogP contribution in [0.5, 0.6) is 0 Å². The first-order valence-corrected chi connectivity index (χ1v) is 2.32. The standard InChI is InChI=1S/C5H6F4O/c1-3-4(6,7)5(8,9)10-2/h3H,1H2,2H3. The summed E-state index contributed by atoms with van der Waals surface area (Å²) in [5, 5.41) is 0. The zero-order chi connectivity index (χ0) is 8.41. The average molecular weight is 158 g/mol. The predicted octanol–water partition coefficient (Wildman–Crippen LogP) is 2.05. The summed E-state index contributed by atoms with van der Waals surface area (Å²) in [6.45, 7) is 2.54. The van der Waals surface area contributed by atoms with Crippen molar-refractivity contribution in [3.63, 3.8) is 0 Å². The van der Waals surface area contributed by atoms with E-state index in [0.717, 1.165) is 0 Å². The molecule has 0 aromatic rings. The molecule has 60 valence electrons. The quantitative estimate of drug-likeness (QED) is 0.451. The Labute approximate surface area is 55.3 Å². The number of ether oxygens (including phenoxy) is 1. The van der Waals surface area contributed by atoms with Crippen LogP contribution in [0.4, 0.5) is 17.6 Å². The monoisotopic (exact) mass is 158 g/mol. The first-order chi connectivity index (χ1) is 4.37. The average Bonchev–Trinajstić information content (AvgIpc) is 1.88. The van der Waals surface area contributed by atoms with Gasteiger partial charge in [0.05, 0.1) is 0 Å². The molecule has 0 aliphatic carbocycles. The molecule has 1 nitrogen and oxygen atoms in total. The molecule has 0 aromatic heterocycles. The third-order valence-corrected chi connectivity index (χ3v) is 0.901. The normalized spacial score (nSPS) is 13.3. The summed E-state index contributed by atoms with van der Waals surface area (Å²) in [7, 11) is 0.497. The van der Waals surface area contributed by atoms with Crippen molar-refractivity contribution in [2.45, 2.75) is 12.0 Å². The van der Waals surface area contributed by atoms with Gasteiger partial charge >= 0.3 is 12.0 Å². The van der Waals surface area contributed by atoms with Gasteiger partial charge in [0.1, 0.15) is 0 Å². The Morgan fingerprint density at radius 3 is 1.80 bits per heavy atom. The highest BCUT2D eigenvalue weighted by Gasteiger charge is 2.54. The molecule has 0 saturated heterocycles. The number of rotatable bonds is 3. The smallest absolute Gasteiger partial charge is 0.319 e. The number of halogens is 4. The summed E-state index contributed by atoms with van der Waals surface area (Å²) < 4.78 is 50.9. The molecule has 0 saturated carbocycles. The lowest BCUT2D eigenvalue weighted by molar-refractivity contribution is -0.319. The van der Waals surface area contributed by atoms with E-state index in [9.17, 15) is 17.6 Å². The molecule has 0 radical (unpaired) electrons. The number of hydrogen-bond acceptors (Lipinski definition) is 1. The van der Waals surface area contributed by atoms with Crippen LogP contribution in [-0.2, 0) is 4.74 Å². The lowest BCUT2D eigenvalue weighted by Crippen LogP contribution is -2.39. The molecule has 10 heavy (non-hydrogen) atoms. The molecule has 0 atom stereocenters. The van der Waals surface area contributed by atoms with E-state index < -0.39 is 12.0 Å². The maximum absolute atomic E-state index is 11.9. The fourth-order valence-electron chi connectivity index (χ4n) is 0.255. The molecule has 0 heterocycles. The van der Waals surface area contributed by atoms with E-state index in [4.69, 9.17) is 0 Å². The van der Waals surface area contributed by atoms with Gasteiger partial charge in [0, 0.05) is 7.11 Å². The second-order valence-corrected chi connectivity index (χ2v) is 1.55. The summed E-state index contributed by atoms with van der Waals surface area (Å²) in [6, 6.07) is 0. The van der Waals surface area contributed by atoms with Crippen LogP contribution in [0.3, 0.4) is 0 Å². The summed E-state index contributed by atoms with van der Waals surface area (Å²) in [5.74, 6) is -4.30. The molecule has 0 amide bonds. The number of alkyl halides is 4. The topological polar surface area (TPSA) is 9.23 Å². The number of hydrogen-bond donors (Lipinski definition) is 0. The third kappa shape index (κ3) is 1.47. The Bertz CT molecular complexity index is 132. The Morgan fingerprint density at radius 1 is 1.30 bits per heavy atom. The predicted molar refractivity (Wildman–Crippen MR) is 27.1 cm³/mol. The highest BCUT2D eigenvalue weighted by Crippen LogP contribution is 2.35. The first kappa shape index (κ1) is 9.42. The van der Waals surface area contributed by atoms with Crippen molar-refractivity contribution in [3.8, 4) is 0 Å². The van der Waals surface area contributed by atoms with Crippen molar-refractivity contribution < 1.29 is 22.3 Å². The Hall–Kier alpha value is -0.580. The Morgan fingerprint density at radius 2 is 1.70 bits per heavy atom. The summed E-state index contributed by atoms with van der Waals surface area (Å²) in [6.07, 6.45) is -4.62. The van der Waals surface area contributed by atoms with Crippen LogP contribution in [0, 0.1) is 0 Å². The minimum Gasteiger partial charge on any atom is -0.319 e. The van der Waals surface area contributed by atoms with Gasteiger partial charge in [0.25, 0.3) is 0 Å². The lowest BCUT2D eigenvalue weighted by atomic mass is 10.3. The SMILES string of the molecule is C=CC(F)(F)C(F)(F)OC. The molecule has 0 aromatic carbocycles. The van der Waals surface area contributed by atoms with Crippen LogP contribution in [0.1, 0.15) is 0 Å². The highest BCUT2D eigenvalue weighted by atomic mass is 19.3. The maximum atomic E-state index is 11.9. The Balaban J connectivity index is 4.43. The van der Waals surface area contributed by atoms with E-state index in [0.29, 0.717) is 7.11 Å². The second-order valence-electron chi connectivity index (χ2n) is 1.55. The third-order valence-electron chi connectivity index (χ3n) is 0.901. The van der Waals surface area contributed by atoms with Crippen LogP contribution < -0.4 is 0 Å². The van der Waals surface area contributed by atoms with Crippen LogP contribution in [-0.4, -0.2) is 19.1 Å². The molecular formula is C5H6F4O. The summed E-state index contributed by atoms with van der Waals surface area (Å²) >= 11 is 0. The molecule has 0 rings (SSSR count). The maximum Gasteiger partial charge on any atom is 0.423 e. The van der Waals surface area contributed by atoms with Crippen LogP contribution >= 0.6 is 0 Å². The fraction of sp³-hybridized carbons (Fsp3) is 0.600. The second kappa shape index (κ2) is 2.57. The fourth-order valence-corrected chi connectivity index (χ4v) is 0.255. The molecular weight excluding hydrogens is 152 g/mol. The van der Waals surface area contributed by atoms with E-state index in [1.165, 1.54) is 0 Å². The van der Waals surface area contributed by atoms with Gasteiger partial charge in [-0.05, 0) is 6.08 Å². The zero-order valence-corrected chi connectivity index (χ0v) is 5.20. The van der Waals surface area contributed by atoms with Crippen molar-refractivity contribution in [3.05, 3.63) is 12.7 Å². The first-order valence-electron chi connectivity index (χ1n) is 2.32. The van der Waals surface area contributed by atoms with Crippen molar-refractivity contribution in [1.82, 2.24) is 0 Å². The van der Waals surface area contributed by atoms with Crippen molar-refractivity contribution in [1.29, 1.82) is 0 Å². The van der Waals surface area contributed by atoms with Crippen molar-refractivity contribution >= 4 is 0 Å². The van der Waals surface area contributed by atoms with Gasteiger partial charge in [0.2, 0.25) is 0 Å². The molecule has 0 spiro atoms. The van der Waals surface area contributed by atoms with E-state index in [1.54, 1.807) is 0 Å². The molecule has 0 unspecified atom stereocenters.